The highest BCUT2D eigenvalue weighted by atomic mass is 16.3. The minimum Gasteiger partial charge on any atom is -0.461 e. The normalized spacial score (nSPS) is 10.4. The van der Waals surface area contributed by atoms with E-state index in [1.807, 2.05) is 44.2 Å². The molecule has 0 atom stereocenters. The lowest BCUT2D eigenvalue weighted by atomic mass is 10.1. The number of nitrogens with two attached hydrogens (primary N) is 1. The Morgan fingerprint density at radius 2 is 1.86 bits per heavy atom. The first kappa shape index (κ1) is 8.88. The molecule has 2 rings (SSSR count). The van der Waals surface area contributed by atoms with E-state index in [9.17, 15) is 0 Å². The maximum Gasteiger partial charge on any atom is 0.136 e. The van der Waals surface area contributed by atoms with Gasteiger partial charge in [0.15, 0.2) is 0 Å². The molecule has 0 aliphatic carbocycles. The van der Waals surface area contributed by atoms with Gasteiger partial charge in [-0.2, -0.15) is 0 Å². The van der Waals surface area contributed by atoms with Crippen LogP contribution in [0.2, 0.25) is 0 Å². The second-order valence-electron chi connectivity index (χ2n) is 3.44. The maximum atomic E-state index is 5.85. The van der Waals surface area contributed by atoms with E-state index in [1.54, 1.807) is 0 Å². The monoisotopic (exact) mass is 187 g/mol. The topological polar surface area (TPSA) is 39.2 Å². The van der Waals surface area contributed by atoms with Gasteiger partial charge in [0.2, 0.25) is 0 Å². The second-order valence-corrected chi connectivity index (χ2v) is 3.44. The third kappa shape index (κ3) is 1.39. The van der Waals surface area contributed by atoms with Gasteiger partial charge in [-0.3, -0.25) is 0 Å². The van der Waals surface area contributed by atoms with Crippen LogP contribution >= 0.6 is 0 Å². The molecule has 1 aromatic heterocycles. The lowest BCUT2D eigenvalue weighted by molar-refractivity contribution is 0.546. The first-order valence-electron chi connectivity index (χ1n) is 4.60. The van der Waals surface area contributed by atoms with Crippen molar-refractivity contribution in [2.75, 3.05) is 5.73 Å². The van der Waals surface area contributed by atoms with E-state index in [-0.39, 0.29) is 0 Å². The van der Waals surface area contributed by atoms with Crippen LogP contribution in [0.3, 0.4) is 0 Å². The van der Waals surface area contributed by atoms with Crippen LogP contribution in [0, 0.1) is 13.8 Å². The molecular formula is C12H13NO. The average Bonchev–Trinajstić information content (AvgIpc) is 2.48. The van der Waals surface area contributed by atoms with Crippen molar-refractivity contribution in [3.8, 4) is 11.3 Å². The molecule has 2 heteroatoms. The molecule has 1 aromatic carbocycles. The van der Waals surface area contributed by atoms with Crippen LogP contribution in [0.1, 0.15) is 11.3 Å². The van der Waals surface area contributed by atoms with Gasteiger partial charge in [-0.1, -0.05) is 12.1 Å². The largest absolute Gasteiger partial charge is 0.461 e. The molecule has 2 nitrogen and oxygen atoms in total. The summed E-state index contributed by atoms with van der Waals surface area (Å²) in [5, 5.41) is 0. The molecule has 0 saturated heterocycles. The summed E-state index contributed by atoms with van der Waals surface area (Å²) in [5.41, 5.74) is 8.72. The molecule has 2 N–H and O–H groups in total. The molecule has 0 saturated carbocycles. The maximum absolute atomic E-state index is 5.85. The van der Waals surface area contributed by atoms with E-state index in [2.05, 4.69) is 0 Å². The summed E-state index contributed by atoms with van der Waals surface area (Å²) in [5.74, 6) is 1.79. The first-order valence-corrected chi connectivity index (χ1v) is 4.60. The Hall–Kier alpha value is -1.70. The first-order chi connectivity index (χ1) is 6.68. The highest BCUT2D eigenvalue weighted by Crippen LogP contribution is 2.28. The fraction of sp³-hybridized carbons (Fsp3) is 0.167. The zero-order valence-corrected chi connectivity index (χ0v) is 8.37. The summed E-state index contributed by atoms with van der Waals surface area (Å²) < 4.78 is 5.60. The van der Waals surface area contributed by atoms with E-state index >= 15 is 0 Å². The van der Waals surface area contributed by atoms with E-state index in [0.717, 1.165) is 28.3 Å². The summed E-state index contributed by atoms with van der Waals surface area (Å²) in [6.45, 7) is 3.99. The van der Waals surface area contributed by atoms with Crippen LogP contribution in [0.4, 0.5) is 5.69 Å². The summed E-state index contributed by atoms with van der Waals surface area (Å²) in [4.78, 5) is 0. The van der Waals surface area contributed by atoms with Crippen molar-refractivity contribution in [2.24, 2.45) is 0 Å². The van der Waals surface area contributed by atoms with Crippen LogP contribution < -0.4 is 5.73 Å². The van der Waals surface area contributed by atoms with Gasteiger partial charge in [0, 0.05) is 11.3 Å². The number of benzene rings is 1. The fourth-order valence-electron chi connectivity index (χ4n) is 1.43. The summed E-state index contributed by atoms with van der Waals surface area (Å²) in [7, 11) is 0. The molecule has 0 radical (unpaired) electrons. The van der Waals surface area contributed by atoms with Crippen molar-refractivity contribution < 1.29 is 4.42 Å². The van der Waals surface area contributed by atoms with E-state index in [4.69, 9.17) is 10.2 Å². The van der Waals surface area contributed by atoms with Crippen molar-refractivity contribution in [1.29, 1.82) is 0 Å². The molecule has 0 fully saturated rings. The van der Waals surface area contributed by atoms with Crippen LogP contribution in [0.25, 0.3) is 11.3 Å². The Morgan fingerprint density at radius 3 is 2.43 bits per heavy atom. The van der Waals surface area contributed by atoms with E-state index in [0.29, 0.717) is 0 Å². The van der Waals surface area contributed by atoms with Gasteiger partial charge in [0.1, 0.15) is 11.5 Å². The molecule has 0 amide bonds. The van der Waals surface area contributed by atoms with Gasteiger partial charge in [0.25, 0.3) is 0 Å². The minimum absolute atomic E-state index is 0.751. The Bertz CT molecular complexity index is 438. The van der Waals surface area contributed by atoms with E-state index < -0.39 is 0 Å². The van der Waals surface area contributed by atoms with Crippen molar-refractivity contribution >= 4 is 5.69 Å². The van der Waals surface area contributed by atoms with Gasteiger partial charge in [-0.25, -0.2) is 0 Å². The summed E-state index contributed by atoms with van der Waals surface area (Å²) in [6, 6.07) is 9.73. The lowest BCUT2D eigenvalue weighted by Crippen LogP contribution is -1.87. The number of anilines is 1. The van der Waals surface area contributed by atoms with Crippen molar-refractivity contribution in [1.82, 2.24) is 0 Å². The number of aryl methyl sites for hydroxylation is 2. The molecule has 0 aliphatic heterocycles. The standard InChI is InChI=1S/C12H13NO/c1-8-7-12(14-9(8)2)10-5-3-4-6-11(10)13/h3-7H,13H2,1-2H3. The number of hydrogen-bond acceptors (Lipinski definition) is 2. The Labute approximate surface area is 83.4 Å². The van der Waals surface area contributed by atoms with Crippen molar-refractivity contribution in [2.45, 2.75) is 13.8 Å². The summed E-state index contributed by atoms with van der Waals surface area (Å²) in [6.07, 6.45) is 0. The fourth-order valence-corrected chi connectivity index (χ4v) is 1.43. The van der Waals surface area contributed by atoms with E-state index in [1.165, 1.54) is 0 Å². The third-order valence-electron chi connectivity index (χ3n) is 2.39. The van der Waals surface area contributed by atoms with Gasteiger partial charge in [0.05, 0.1) is 0 Å². The number of furan rings is 1. The van der Waals surface area contributed by atoms with Crippen molar-refractivity contribution in [3.63, 3.8) is 0 Å². The number of rotatable bonds is 1. The second kappa shape index (κ2) is 3.22. The zero-order valence-electron chi connectivity index (χ0n) is 8.37. The highest BCUT2D eigenvalue weighted by Gasteiger charge is 2.07. The predicted octanol–water partition coefficient (Wildman–Crippen LogP) is 3.15. The molecule has 2 aromatic rings. The molecule has 72 valence electrons. The van der Waals surface area contributed by atoms with Crippen LogP contribution in [-0.4, -0.2) is 0 Å². The zero-order chi connectivity index (χ0) is 10.1. The van der Waals surface area contributed by atoms with Crippen LogP contribution in [0.5, 0.6) is 0 Å². The van der Waals surface area contributed by atoms with Gasteiger partial charge in [-0.15, -0.1) is 0 Å². The highest BCUT2D eigenvalue weighted by molar-refractivity contribution is 5.73. The number of nitrogen functional groups attached to an aromatic ring is 1. The molecule has 1 heterocycles. The van der Waals surface area contributed by atoms with Crippen LogP contribution in [-0.2, 0) is 0 Å². The molecule has 0 aliphatic rings. The van der Waals surface area contributed by atoms with Gasteiger partial charge >= 0.3 is 0 Å². The average molecular weight is 187 g/mol. The molecule has 0 unspecified atom stereocenters. The molecule has 0 bridgehead atoms. The SMILES string of the molecule is Cc1cc(-c2ccccc2N)oc1C. The van der Waals surface area contributed by atoms with Gasteiger partial charge in [-0.05, 0) is 37.6 Å². The molecule has 0 spiro atoms. The summed E-state index contributed by atoms with van der Waals surface area (Å²) >= 11 is 0. The Kier molecular flexibility index (Phi) is 2.04. The lowest BCUT2D eigenvalue weighted by Gasteiger charge is -2.00. The molecule has 14 heavy (non-hydrogen) atoms. The minimum atomic E-state index is 0.751. The van der Waals surface area contributed by atoms with Gasteiger partial charge < -0.3 is 10.2 Å². The Morgan fingerprint density at radius 1 is 1.14 bits per heavy atom. The molecular weight excluding hydrogens is 174 g/mol. The number of para-hydroxylation sites is 1. The smallest absolute Gasteiger partial charge is 0.136 e. The predicted molar refractivity (Wildman–Crippen MR) is 58.0 cm³/mol. The number of hydrogen-bond donors (Lipinski definition) is 1. The quantitative estimate of drug-likeness (QED) is 0.696. The third-order valence-corrected chi connectivity index (χ3v) is 2.39. The Balaban J connectivity index is 2.55. The van der Waals surface area contributed by atoms with Crippen LogP contribution in [0.15, 0.2) is 34.7 Å². The van der Waals surface area contributed by atoms with Crippen molar-refractivity contribution in [3.05, 3.63) is 41.7 Å².